The van der Waals surface area contributed by atoms with Crippen LogP contribution < -0.4 is 0 Å². The second-order valence-electron chi connectivity index (χ2n) is 15.9. The Balaban J connectivity index is 2.41. The number of ether oxygens (including phenoxy) is 2. The van der Waals surface area contributed by atoms with Gasteiger partial charge in [-0.2, -0.15) is 0 Å². The summed E-state index contributed by atoms with van der Waals surface area (Å²) in [4.78, 5) is 23.1. The van der Waals surface area contributed by atoms with Gasteiger partial charge in [0.25, 0.3) is 0 Å². The maximum absolute atomic E-state index is 12.8. The van der Waals surface area contributed by atoms with Crippen molar-refractivity contribution in [2.45, 2.75) is 204 Å². The molecule has 12 nitrogen and oxygen atoms in total. The molecule has 1 saturated carbocycles. The maximum atomic E-state index is 12.8. The van der Waals surface area contributed by atoms with E-state index >= 15 is 0 Å². The minimum Gasteiger partial charge on any atom is -0.457 e. The first kappa shape index (κ1) is 56.8. The van der Waals surface area contributed by atoms with Crippen LogP contribution in [0.2, 0.25) is 0 Å². The summed E-state index contributed by atoms with van der Waals surface area (Å²) in [5.74, 6) is -0.493. The molecule has 1 aliphatic rings. The first-order valence-corrected chi connectivity index (χ1v) is 24.8. The highest BCUT2D eigenvalue weighted by molar-refractivity contribution is 7.47. The number of hydrogen-bond acceptors (Lipinski definition) is 11. The van der Waals surface area contributed by atoms with Crippen LogP contribution in [0.15, 0.2) is 72.9 Å². The summed E-state index contributed by atoms with van der Waals surface area (Å²) in [5.41, 5.74) is 0. The highest BCUT2D eigenvalue weighted by Gasteiger charge is 2.51. The molecule has 0 spiro atoms. The van der Waals surface area contributed by atoms with E-state index in [9.17, 15) is 39.8 Å². The SMILES string of the molecule is CC/C=C\C/C=C\C/C=C\C/C=C\C/C=C\C/C=C\CCCCCOCC(COP(=O)(O)OC1C(O)C(O)C(O)C(O)C1O)OC(=O)CCCCCCCCCCCCCC. The second kappa shape index (κ2) is 38.3. The van der Waals surface area contributed by atoms with Gasteiger partial charge >= 0.3 is 13.8 Å². The molecular weight excluding hydrogens is 799 g/mol. The van der Waals surface area contributed by atoms with Crippen LogP contribution in [0.1, 0.15) is 162 Å². The molecule has 0 amide bonds. The quantitative estimate of drug-likeness (QED) is 0.0149. The van der Waals surface area contributed by atoms with Gasteiger partial charge in [0.15, 0.2) is 0 Å². The Morgan fingerprint density at radius 3 is 1.46 bits per heavy atom. The monoisotopic (exact) mass is 883 g/mol. The van der Waals surface area contributed by atoms with Crippen molar-refractivity contribution in [3.63, 3.8) is 0 Å². The van der Waals surface area contributed by atoms with Gasteiger partial charge in [0.2, 0.25) is 0 Å². The summed E-state index contributed by atoms with van der Waals surface area (Å²) < 4.78 is 34.1. The predicted molar refractivity (Wildman–Crippen MR) is 244 cm³/mol. The van der Waals surface area contributed by atoms with Crippen LogP contribution in [0.3, 0.4) is 0 Å². The van der Waals surface area contributed by atoms with Gasteiger partial charge in [0.05, 0.1) is 13.2 Å². The van der Waals surface area contributed by atoms with Crippen LogP contribution in [0.4, 0.5) is 0 Å². The number of allylic oxidation sites excluding steroid dienone is 12. The van der Waals surface area contributed by atoms with E-state index in [4.69, 9.17) is 18.5 Å². The molecule has 61 heavy (non-hydrogen) atoms. The molecule has 0 aromatic rings. The van der Waals surface area contributed by atoms with E-state index in [1.807, 2.05) is 0 Å². The molecule has 0 aromatic carbocycles. The van der Waals surface area contributed by atoms with Gasteiger partial charge in [0.1, 0.15) is 42.7 Å². The van der Waals surface area contributed by atoms with E-state index < -0.39 is 63.1 Å². The summed E-state index contributed by atoms with van der Waals surface area (Å²) in [7, 11) is -5.03. The number of hydrogen-bond donors (Lipinski definition) is 6. The molecular formula is C48H83O12P. The third-order valence-electron chi connectivity index (χ3n) is 10.3. The number of phosphoric acid groups is 1. The van der Waals surface area contributed by atoms with Crippen LogP contribution in [0.25, 0.3) is 0 Å². The first-order chi connectivity index (χ1) is 29.5. The summed E-state index contributed by atoms with van der Waals surface area (Å²) in [6.07, 6.45) is 36.9. The van der Waals surface area contributed by atoms with E-state index in [1.165, 1.54) is 51.4 Å². The smallest absolute Gasteiger partial charge is 0.457 e. The summed E-state index contributed by atoms with van der Waals surface area (Å²) in [6, 6.07) is 0. The van der Waals surface area contributed by atoms with Gasteiger partial charge in [-0.25, -0.2) is 4.57 Å². The molecule has 6 unspecified atom stereocenters. The molecule has 0 heterocycles. The summed E-state index contributed by atoms with van der Waals surface area (Å²) in [5, 5.41) is 50.2. The van der Waals surface area contributed by atoms with Gasteiger partial charge in [0, 0.05) is 13.0 Å². The first-order valence-electron chi connectivity index (χ1n) is 23.3. The van der Waals surface area contributed by atoms with E-state index in [2.05, 4.69) is 86.8 Å². The van der Waals surface area contributed by atoms with Gasteiger partial charge < -0.3 is 39.9 Å². The average molecular weight is 883 g/mol. The molecule has 1 rings (SSSR count). The van der Waals surface area contributed by atoms with Crippen molar-refractivity contribution in [1.29, 1.82) is 0 Å². The number of esters is 1. The Hall–Kier alpha value is -2.22. The molecule has 6 atom stereocenters. The largest absolute Gasteiger partial charge is 0.472 e. The Morgan fingerprint density at radius 1 is 0.541 bits per heavy atom. The minimum absolute atomic E-state index is 0.102. The number of phosphoric ester groups is 1. The predicted octanol–water partition coefficient (Wildman–Crippen LogP) is 9.58. The lowest BCUT2D eigenvalue weighted by molar-refractivity contribution is -0.220. The zero-order valence-electron chi connectivity index (χ0n) is 37.4. The highest BCUT2D eigenvalue weighted by Crippen LogP contribution is 2.47. The second-order valence-corrected chi connectivity index (χ2v) is 17.3. The fourth-order valence-corrected chi connectivity index (χ4v) is 7.62. The van der Waals surface area contributed by atoms with Gasteiger partial charge in [-0.1, -0.05) is 164 Å². The van der Waals surface area contributed by atoms with E-state index in [0.29, 0.717) is 13.0 Å². The van der Waals surface area contributed by atoms with E-state index in [1.54, 1.807) is 0 Å². The molecule has 0 aromatic heterocycles. The lowest BCUT2D eigenvalue weighted by Gasteiger charge is -2.41. The summed E-state index contributed by atoms with van der Waals surface area (Å²) >= 11 is 0. The number of carbonyl (C=O) groups is 1. The number of unbranched alkanes of at least 4 members (excludes halogenated alkanes) is 14. The fraction of sp³-hybridized carbons (Fsp3) is 0.729. The normalized spacial score (nSPS) is 22.8. The van der Waals surface area contributed by atoms with Crippen LogP contribution >= 0.6 is 7.82 Å². The molecule has 13 heteroatoms. The number of aliphatic hydroxyl groups is 5. The lowest BCUT2D eigenvalue weighted by Crippen LogP contribution is -2.64. The standard InChI is InChI=1S/C48H83O12P/c1-3-5-7-9-11-13-15-17-18-19-20-21-22-23-24-25-26-28-30-32-34-36-38-57-39-41(59-42(49)37-35-33-31-29-27-16-14-12-10-8-6-4-2)40-58-61(55,56)60-48-46(53)44(51)43(50)45(52)47(48)54/h5,7,11,13,17-18,20-21,23-24,26,28,41,43-48,50-54H,3-4,6,8-10,12,14-16,19,22,25,27,29-40H2,1-2H3,(H,55,56)/b7-5-,13-11-,18-17-,21-20-,24-23-,28-26-. The zero-order valence-corrected chi connectivity index (χ0v) is 38.3. The van der Waals surface area contributed by atoms with Crippen LogP contribution in [0, 0.1) is 0 Å². The number of aliphatic hydroxyl groups excluding tert-OH is 5. The minimum atomic E-state index is -5.03. The van der Waals surface area contributed by atoms with Crippen molar-refractivity contribution < 1.29 is 58.3 Å². The van der Waals surface area contributed by atoms with Crippen molar-refractivity contribution >= 4 is 13.8 Å². The molecule has 1 fully saturated rings. The third kappa shape index (κ3) is 30.5. The van der Waals surface area contributed by atoms with Gasteiger partial charge in [-0.05, 0) is 64.2 Å². The number of carbonyl (C=O) groups excluding carboxylic acids is 1. The van der Waals surface area contributed by atoms with Crippen LogP contribution in [-0.4, -0.2) is 98.9 Å². The third-order valence-corrected chi connectivity index (χ3v) is 11.3. The van der Waals surface area contributed by atoms with E-state index in [0.717, 1.165) is 83.5 Å². The fourth-order valence-electron chi connectivity index (χ4n) is 6.65. The van der Waals surface area contributed by atoms with Crippen molar-refractivity contribution in [1.82, 2.24) is 0 Å². The van der Waals surface area contributed by atoms with Crippen molar-refractivity contribution in [2.75, 3.05) is 19.8 Å². The van der Waals surface area contributed by atoms with Crippen LogP contribution in [0.5, 0.6) is 0 Å². The topological polar surface area (TPSA) is 192 Å². The van der Waals surface area contributed by atoms with Gasteiger partial charge in [-0.3, -0.25) is 13.8 Å². The molecule has 0 saturated heterocycles. The average Bonchev–Trinajstić information content (AvgIpc) is 3.24. The Bertz CT molecular complexity index is 1280. The lowest BCUT2D eigenvalue weighted by atomic mass is 9.85. The maximum Gasteiger partial charge on any atom is 0.472 e. The van der Waals surface area contributed by atoms with Crippen LogP contribution in [-0.2, 0) is 27.9 Å². The molecule has 0 bridgehead atoms. The molecule has 6 N–H and O–H groups in total. The van der Waals surface area contributed by atoms with Crippen molar-refractivity contribution in [3.8, 4) is 0 Å². The Kier molecular flexibility index (Phi) is 35.6. The van der Waals surface area contributed by atoms with Crippen molar-refractivity contribution in [2.24, 2.45) is 0 Å². The molecule has 0 radical (unpaired) electrons. The zero-order chi connectivity index (χ0) is 44.8. The molecule has 1 aliphatic carbocycles. The van der Waals surface area contributed by atoms with Gasteiger partial charge in [-0.15, -0.1) is 0 Å². The van der Waals surface area contributed by atoms with Crippen molar-refractivity contribution in [3.05, 3.63) is 72.9 Å². The Morgan fingerprint density at radius 2 is 0.967 bits per heavy atom. The summed E-state index contributed by atoms with van der Waals surface area (Å²) in [6.45, 7) is 4.05. The highest BCUT2D eigenvalue weighted by atomic mass is 31.2. The van der Waals surface area contributed by atoms with E-state index in [-0.39, 0.29) is 13.0 Å². The Labute approximate surface area is 368 Å². The molecule has 352 valence electrons. The number of rotatable bonds is 38. The molecule has 0 aliphatic heterocycles.